The van der Waals surface area contributed by atoms with Crippen LogP contribution in [0.1, 0.15) is 20.3 Å². The molecule has 0 aromatic carbocycles. The van der Waals surface area contributed by atoms with Gasteiger partial charge in [-0.1, -0.05) is 0 Å². The third-order valence-corrected chi connectivity index (χ3v) is 2.25. The van der Waals surface area contributed by atoms with Crippen molar-refractivity contribution in [2.24, 2.45) is 0 Å². The molecule has 0 bridgehead atoms. The van der Waals surface area contributed by atoms with Crippen molar-refractivity contribution in [3.8, 4) is 0 Å². The summed E-state index contributed by atoms with van der Waals surface area (Å²) in [5.74, 6) is -1.65. The Balaban J connectivity index is 2.65. The highest BCUT2D eigenvalue weighted by Gasteiger charge is 2.44. The fourth-order valence-electron chi connectivity index (χ4n) is 1.46. The van der Waals surface area contributed by atoms with Crippen LogP contribution in [0.2, 0.25) is 0 Å². The smallest absolute Gasteiger partial charge is 0.325 e. The lowest BCUT2D eigenvalue weighted by Crippen LogP contribution is -2.41. The van der Waals surface area contributed by atoms with Gasteiger partial charge in [0.25, 0.3) is 5.91 Å². The van der Waals surface area contributed by atoms with E-state index in [2.05, 4.69) is 5.32 Å². The zero-order valence-corrected chi connectivity index (χ0v) is 9.06. The summed E-state index contributed by atoms with van der Waals surface area (Å²) in [6, 6.07) is -0.612. The molecule has 7 heteroatoms. The van der Waals surface area contributed by atoms with Gasteiger partial charge >= 0.3 is 12.0 Å². The molecular formula is C9H14N2O5. The Labute approximate surface area is 92.0 Å². The molecule has 1 unspecified atom stereocenters. The summed E-state index contributed by atoms with van der Waals surface area (Å²) >= 11 is 0. The van der Waals surface area contributed by atoms with Crippen molar-refractivity contribution >= 4 is 17.9 Å². The second-order valence-electron chi connectivity index (χ2n) is 4.22. The van der Waals surface area contributed by atoms with Crippen LogP contribution in [-0.4, -0.2) is 51.2 Å². The molecule has 1 saturated heterocycles. The number of amides is 3. The Morgan fingerprint density at radius 1 is 1.50 bits per heavy atom. The van der Waals surface area contributed by atoms with Crippen LogP contribution in [0.4, 0.5) is 4.79 Å². The van der Waals surface area contributed by atoms with E-state index in [0.717, 1.165) is 4.90 Å². The largest absolute Gasteiger partial charge is 0.481 e. The summed E-state index contributed by atoms with van der Waals surface area (Å²) in [4.78, 5) is 34.1. The van der Waals surface area contributed by atoms with Gasteiger partial charge < -0.3 is 15.5 Å². The lowest BCUT2D eigenvalue weighted by atomic mass is 10.1. The Morgan fingerprint density at radius 2 is 2.06 bits per heavy atom. The van der Waals surface area contributed by atoms with Gasteiger partial charge in [0, 0.05) is 0 Å². The van der Waals surface area contributed by atoms with Gasteiger partial charge in [-0.3, -0.25) is 14.5 Å². The first kappa shape index (κ1) is 12.4. The minimum atomic E-state index is -1.25. The number of carbonyl (C=O) groups excluding carboxylic acids is 2. The maximum Gasteiger partial charge on any atom is 0.325 e. The zero-order valence-electron chi connectivity index (χ0n) is 9.06. The van der Waals surface area contributed by atoms with Crippen LogP contribution in [0.3, 0.4) is 0 Å². The molecule has 0 saturated carbocycles. The van der Waals surface area contributed by atoms with Crippen LogP contribution in [0, 0.1) is 0 Å². The van der Waals surface area contributed by atoms with Crippen molar-refractivity contribution in [3.63, 3.8) is 0 Å². The second kappa shape index (κ2) is 4.09. The van der Waals surface area contributed by atoms with Gasteiger partial charge in [-0.2, -0.15) is 0 Å². The van der Waals surface area contributed by atoms with Gasteiger partial charge in [0.2, 0.25) is 0 Å². The van der Waals surface area contributed by atoms with Crippen molar-refractivity contribution in [3.05, 3.63) is 0 Å². The van der Waals surface area contributed by atoms with E-state index in [1.165, 1.54) is 13.8 Å². The highest BCUT2D eigenvalue weighted by atomic mass is 16.4. The fraction of sp³-hybridized carbons (Fsp3) is 0.667. The Hall–Kier alpha value is -1.63. The number of imide groups is 1. The molecule has 1 aliphatic heterocycles. The summed E-state index contributed by atoms with van der Waals surface area (Å²) in [5, 5.41) is 20.2. The number of carboxylic acid groups (broad SMARTS) is 1. The quantitative estimate of drug-likeness (QED) is 0.545. The van der Waals surface area contributed by atoms with Crippen LogP contribution >= 0.6 is 0 Å². The van der Waals surface area contributed by atoms with Crippen molar-refractivity contribution < 1.29 is 24.6 Å². The average Bonchev–Trinajstić information content (AvgIpc) is 2.26. The van der Waals surface area contributed by atoms with Gasteiger partial charge in [-0.15, -0.1) is 0 Å². The van der Waals surface area contributed by atoms with Gasteiger partial charge in [0.15, 0.2) is 0 Å². The summed E-state index contributed by atoms with van der Waals surface area (Å²) in [6.45, 7) is 2.77. The lowest BCUT2D eigenvalue weighted by molar-refractivity contribution is -0.140. The molecule has 0 spiro atoms. The molecule has 1 heterocycles. The molecule has 3 amide bonds. The van der Waals surface area contributed by atoms with Crippen LogP contribution in [-0.2, 0) is 9.59 Å². The van der Waals surface area contributed by atoms with Crippen LogP contribution in [0.25, 0.3) is 0 Å². The Kier molecular flexibility index (Phi) is 3.18. The lowest BCUT2D eigenvalue weighted by Gasteiger charge is -2.18. The number of nitrogens with one attached hydrogen (secondary N) is 1. The van der Waals surface area contributed by atoms with E-state index in [1.807, 2.05) is 0 Å². The highest BCUT2D eigenvalue weighted by molar-refractivity contribution is 6.06. The van der Waals surface area contributed by atoms with Crippen molar-refractivity contribution in [1.29, 1.82) is 0 Å². The number of aliphatic carboxylic acids is 1. The third-order valence-electron chi connectivity index (χ3n) is 2.25. The van der Waals surface area contributed by atoms with Gasteiger partial charge in [-0.05, 0) is 13.8 Å². The molecule has 3 N–H and O–H groups in total. The second-order valence-corrected chi connectivity index (χ2v) is 4.22. The molecule has 1 fully saturated rings. The van der Waals surface area contributed by atoms with Crippen LogP contribution < -0.4 is 5.32 Å². The first-order valence-corrected chi connectivity index (χ1v) is 4.78. The minimum Gasteiger partial charge on any atom is -0.481 e. The molecule has 0 aromatic heterocycles. The molecule has 16 heavy (non-hydrogen) atoms. The first-order chi connectivity index (χ1) is 7.24. The molecular weight excluding hydrogens is 216 g/mol. The predicted molar refractivity (Wildman–Crippen MR) is 52.6 cm³/mol. The van der Waals surface area contributed by atoms with Gasteiger partial charge in [0.1, 0.15) is 5.54 Å². The van der Waals surface area contributed by atoms with E-state index in [4.69, 9.17) is 5.11 Å². The Bertz CT molecular complexity index is 339. The number of hydrogen-bond donors (Lipinski definition) is 3. The standard InChI is InChI=1S/C9H14N2O5/c1-9(2)7(15)11(8(16)10-9)4-5(12)3-6(13)14/h5,12H,3-4H2,1-2H3,(H,10,16)(H,13,14). The maximum absolute atomic E-state index is 11.6. The Morgan fingerprint density at radius 3 is 2.44 bits per heavy atom. The van der Waals surface area contributed by atoms with Crippen molar-refractivity contribution in [2.45, 2.75) is 31.9 Å². The van der Waals surface area contributed by atoms with Crippen LogP contribution in [0.15, 0.2) is 0 Å². The third kappa shape index (κ3) is 2.48. The summed E-state index contributed by atoms with van der Waals surface area (Å²) < 4.78 is 0. The molecule has 1 atom stereocenters. The molecule has 1 aliphatic rings. The number of rotatable bonds is 4. The number of nitrogens with zero attached hydrogens (tertiary/aromatic N) is 1. The molecule has 1 rings (SSSR count). The number of carboxylic acids is 1. The molecule has 0 aliphatic carbocycles. The van der Waals surface area contributed by atoms with Crippen LogP contribution in [0.5, 0.6) is 0 Å². The predicted octanol–water partition coefficient (Wildman–Crippen LogP) is -0.848. The normalized spacial score (nSPS) is 20.8. The first-order valence-electron chi connectivity index (χ1n) is 4.78. The number of urea groups is 1. The van der Waals surface area contributed by atoms with Crippen molar-refractivity contribution in [2.75, 3.05) is 6.54 Å². The summed E-state index contributed by atoms with van der Waals surface area (Å²) in [6.07, 6.45) is -1.75. The summed E-state index contributed by atoms with van der Waals surface area (Å²) in [7, 11) is 0. The number of β-amino-alcohol motifs (C(OH)–C–C–N with tert-alkyl or cyclic N) is 1. The topological polar surface area (TPSA) is 107 Å². The maximum atomic E-state index is 11.6. The molecule has 7 nitrogen and oxygen atoms in total. The van der Waals surface area contributed by atoms with E-state index >= 15 is 0 Å². The highest BCUT2D eigenvalue weighted by Crippen LogP contribution is 2.17. The fourth-order valence-corrected chi connectivity index (χ4v) is 1.46. The van der Waals surface area contributed by atoms with E-state index in [0.29, 0.717) is 0 Å². The van der Waals surface area contributed by atoms with Gasteiger partial charge in [0.05, 0.1) is 19.1 Å². The molecule has 90 valence electrons. The van der Waals surface area contributed by atoms with E-state index < -0.39 is 36.0 Å². The number of aliphatic hydroxyl groups excluding tert-OH is 1. The molecule has 0 radical (unpaired) electrons. The zero-order chi connectivity index (χ0) is 12.5. The average molecular weight is 230 g/mol. The number of aliphatic hydroxyl groups is 1. The SMILES string of the molecule is CC1(C)NC(=O)N(CC(O)CC(=O)O)C1=O. The minimum absolute atomic E-state index is 0.305. The number of hydrogen-bond acceptors (Lipinski definition) is 4. The monoisotopic (exact) mass is 230 g/mol. The van der Waals surface area contributed by atoms with E-state index in [1.54, 1.807) is 0 Å². The van der Waals surface area contributed by atoms with Crippen molar-refractivity contribution in [1.82, 2.24) is 10.2 Å². The molecule has 0 aromatic rings. The van der Waals surface area contributed by atoms with Gasteiger partial charge in [-0.25, -0.2) is 4.79 Å². The van der Waals surface area contributed by atoms with E-state index in [-0.39, 0.29) is 6.54 Å². The summed E-state index contributed by atoms with van der Waals surface area (Å²) in [5.41, 5.74) is -1.000. The number of carbonyl (C=O) groups is 3. The van der Waals surface area contributed by atoms with E-state index in [9.17, 15) is 19.5 Å².